The summed E-state index contributed by atoms with van der Waals surface area (Å²) in [6.45, 7) is 5.47. The third-order valence-electron chi connectivity index (χ3n) is 4.38. The minimum Gasteiger partial charge on any atom is -0.399 e. The topological polar surface area (TPSA) is 54.2 Å². The quantitative estimate of drug-likeness (QED) is 0.851. The van der Waals surface area contributed by atoms with Gasteiger partial charge in [0.05, 0.1) is 5.52 Å². The van der Waals surface area contributed by atoms with Crippen LogP contribution in [0.4, 0.5) is 11.4 Å². The van der Waals surface area contributed by atoms with Crippen molar-refractivity contribution in [3.63, 3.8) is 0 Å². The molecule has 0 spiro atoms. The van der Waals surface area contributed by atoms with Crippen LogP contribution in [-0.4, -0.2) is 36.6 Å². The van der Waals surface area contributed by atoms with Gasteiger partial charge in [0.15, 0.2) is 0 Å². The van der Waals surface area contributed by atoms with Crippen molar-refractivity contribution in [3.8, 4) is 0 Å². The summed E-state index contributed by atoms with van der Waals surface area (Å²) in [6.07, 6.45) is 2.54. The Balaban J connectivity index is 1.78. The molecule has 21 heavy (non-hydrogen) atoms. The molecule has 4 heteroatoms. The van der Waals surface area contributed by atoms with Crippen molar-refractivity contribution >= 4 is 22.3 Å². The average Bonchev–Trinajstić information content (AvgIpc) is 2.47. The molecule has 112 valence electrons. The second-order valence-corrected chi connectivity index (χ2v) is 6.22. The first-order valence-electron chi connectivity index (χ1n) is 7.71. The summed E-state index contributed by atoms with van der Waals surface area (Å²) in [6, 6.07) is 8.05. The van der Waals surface area contributed by atoms with Crippen molar-refractivity contribution in [3.05, 3.63) is 30.0 Å². The van der Waals surface area contributed by atoms with E-state index in [1.807, 2.05) is 25.1 Å². The molecule has 3 rings (SSSR count). The molecule has 4 nitrogen and oxygen atoms in total. The van der Waals surface area contributed by atoms with Gasteiger partial charge < -0.3 is 16.0 Å². The molecule has 1 fully saturated rings. The highest BCUT2D eigenvalue weighted by Gasteiger charge is 2.16. The van der Waals surface area contributed by atoms with Crippen LogP contribution in [0.1, 0.15) is 18.5 Å². The van der Waals surface area contributed by atoms with Gasteiger partial charge in [-0.25, -0.2) is 0 Å². The fraction of sp³-hybridized carbons (Fsp3) is 0.471. The van der Waals surface area contributed by atoms with Crippen LogP contribution < -0.4 is 11.1 Å². The minimum atomic E-state index is 0.755. The molecule has 1 saturated heterocycles. The number of aromatic nitrogens is 1. The molecule has 0 atom stereocenters. The van der Waals surface area contributed by atoms with Gasteiger partial charge in [0, 0.05) is 29.0 Å². The van der Waals surface area contributed by atoms with E-state index in [0.717, 1.165) is 40.4 Å². The summed E-state index contributed by atoms with van der Waals surface area (Å²) in [5.41, 5.74) is 9.92. The largest absolute Gasteiger partial charge is 0.399 e. The summed E-state index contributed by atoms with van der Waals surface area (Å²) in [7, 11) is 2.20. The van der Waals surface area contributed by atoms with Gasteiger partial charge in [-0.05, 0) is 70.1 Å². The molecule has 1 aliphatic rings. The number of likely N-dealkylation sites (tertiary alicyclic amines) is 1. The Bertz CT molecular complexity index is 630. The van der Waals surface area contributed by atoms with Gasteiger partial charge in [0.2, 0.25) is 0 Å². The summed E-state index contributed by atoms with van der Waals surface area (Å²) in [4.78, 5) is 6.99. The zero-order valence-corrected chi connectivity index (χ0v) is 12.9. The number of hydrogen-bond donors (Lipinski definition) is 2. The SMILES string of the molecule is Cc1cc(NCC2CCN(C)CC2)c2cc(N)ccc2n1. The molecule has 1 aromatic heterocycles. The van der Waals surface area contributed by atoms with Gasteiger partial charge in [-0.1, -0.05) is 0 Å². The van der Waals surface area contributed by atoms with Crippen molar-refractivity contribution in [2.24, 2.45) is 5.92 Å². The Hall–Kier alpha value is -1.81. The molecule has 0 aliphatic carbocycles. The number of nitrogens with zero attached hydrogens (tertiary/aromatic N) is 2. The zero-order valence-electron chi connectivity index (χ0n) is 12.9. The first-order valence-corrected chi connectivity index (χ1v) is 7.71. The van der Waals surface area contributed by atoms with Crippen molar-refractivity contribution < 1.29 is 0 Å². The van der Waals surface area contributed by atoms with Gasteiger partial charge in [-0.2, -0.15) is 0 Å². The molecule has 1 aliphatic heterocycles. The summed E-state index contributed by atoms with van der Waals surface area (Å²) < 4.78 is 0. The van der Waals surface area contributed by atoms with Crippen LogP contribution in [-0.2, 0) is 0 Å². The molecule has 0 unspecified atom stereocenters. The lowest BCUT2D eigenvalue weighted by molar-refractivity contribution is 0.226. The normalized spacial score (nSPS) is 17.2. The van der Waals surface area contributed by atoms with E-state index in [2.05, 4.69) is 28.3 Å². The third-order valence-corrected chi connectivity index (χ3v) is 4.38. The number of nitrogens with two attached hydrogens (primary N) is 1. The second-order valence-electron chi connectivity index (χ2n) is 6.22. The van der Waals surface area contributed by atoms with Gasteiger partial charge >= 0.3 is 0 Å². The van der Waals surface area contributed by atoms with Crippen molar-refractivity contribution in [2.75, 3.05) is 37.7 Å². The van der Waals surface area contributed by atoms with Crippen LogP contribution >= 0.6 is 0 Å². The van der Waals surface area contributed by atoms with E-state index >= 15 is 0 Å². The molecule has 1 aromatic carbocycles. The summed E-state index contributed by atoms with van der Waals surface area (Å²) in [5.74, 6) is 0.755. The number of benzene rings is 1. The van der Waals surface area contributed by atoms with E-state index in [1.165, 1.54) is 25.9 Å². The minimum absolute atomic E-state index is 0.755. The van der Waals surface area contributed by atoms with Crippen LogP contribution in [0.3, 0.4) is 0 Å². The van der Waals surface area contributed by atoms with E-state index in [4.69, 9.17) is 5.73 Å². The molecule has 0 saturated carbocycles. The molecule has 0 amide bonds. The number of hydrogen-bond acceptors (Lipinski definition) is 4. The van der Waals surface area contributed by atoms with Crippen LogP contribution in [0.25, 0.3) is 10.9 Å². The molecule has 0 radical (unpaired) electrons. The van der Waals surface area contributed by atoms with E-state index in [9.17, 15) is 0 Å². The van der Waals surface area contributed by atoms with Crippen molar-refractivity contribution in [1.29, 1.82) is 0 Å². The predicted octanol–water partition coefficient (Wildman–Crippen LogP) is 2.88. The Labute approximate surface area is 126 Å². The lowest BCUT2D eigenvalue weighted by atomic mass is 9.97. The number of anilines is 2. The average molecular weight is 284 g/mol. The molecule has 0 bridgehead atoms. The highest BCUT2D eigenvalue weighted by atomic mass is 15.1. The first kappa shape index (κ1) is 14.1. The molecule has 2 aromatic rings. The lowest BCUT2D eigenvalue weighted by Gasteiger charge is -2.29. The summed E-state index contributed by atoms with van der Waals surface area (Å²) in [5, 5.41) is 4.75. The number of nitrogen functional groups attached to an aromatic ring is 1. The maximum absolute atomic E-state index is 5.92. The number of rotatable bonds is 3. The number of fused-ring (bicyclic) bond motifs is 1. The van der Waals surface area contributed by atoms with Gasteiger partial charge in [-0.3, -0.25) is 4.98 Å². The van der Waals surface area contributed by atoms with Gasteiger partial charge in [0.1, 0.15) is 0 Å². The smallest absolute Gasteiger partial charge is 0.0727 e. The second kappa shape index (κ2) is 5.90. The highest BCUT2D eigenvalue weighted by molar-refractivity contribution is 5.93. The lowest BCUT2D eigenvalue weighted by Crippen LogP contribution is -2.33. The Kier molecular flexibility index (Phi) is 3.97. The Morgan fingerprint density at radius 3 is 2.81 bits per heavy atom. The number of aryl methyl sites for hydroxylation is 1. The monoisotopic (exact) mass is 284 g/mol. The Morgan fingerprint density at radius 1 is 1.29 bits per heavy atom. The number of pyridine rings is 1. The fourth-order valence-corrected chi connectivity index (χ4v) is 3.04. The number of piperidine rings is 1. The predicted molar refractivity (Wildman–Crippen MR) is 89.6 cm³/mol. The zero-order chi connectivity index (χ0) is 14.8. The van der Waals surface area contributed by atoms with Crippen molar-refractivity contribution in [1.82, 2.24) is 9.88 Å². The maximum Gasteiger partial charge on any atom is 0.0727 e. The van der Waals surface area contributed by atoms with Gasteiger partial charge in [-0.15, -0.1) is 0 Å². The van der Waals surface area contributed by atoms with E-state index < -0.39 is 0 Å². The molecule has 2 heterocycles. The maximum atomic E-state index is 5.92. The van der Waals surface area contributed by atoms with E-state index in [1.54, 1.807) is 0 Å². The van der Waals surface area contributed by atoms with Crippen LogP contribution in [0.2, 0.25) is 0 Å². The number of nitrogens with one attached hydrogen (secondary N) is 1. The Morgan fingerprint density at radius 2 is 2.05 bits per heavy atom. The molecular weight excluding hydrogens is 260 g/mol. The third kappa shape index (κ3) is 3.27. The first-order chi connectivity index (χ1) is 10.1. The molecular formula is C17H24N4. The highest BCUT2D eigenvalue weighted by Crippen LogP contribution is 2.26. The van der Waals surface area contributed by atoms with Crippen molar-refractivity contribution in [2.45, 2.75) is 19.8 Å². The molecule has 3 N–H and O–H groups in total. The fourth-order valence-electron chi connectivity index (χ4n) is 3.04. The van der Waals surface area contributed by atoms with E-state index in [-0.39, 0.29) is 0 Å². The van der Waals surface area contributed by atoms with Crippen LogP contribution in [0, 0.1) is 12.8 Å². The van der Waals surface area contributed by atoms with Gasteiger partial charge in [0.25, 0.3) is 0 Å². The van der Waals surface area contributed by atoms with Crippen LogP contribution in [0.15, 0.2) is 24.3 Å². The van der Waals surface area contributed by atoms with E-state index in [0.29, 0.717) is 0 Å². The van der Waals surface area contributed by atoms with Crippen LogP contribution in [0.5, 0.6) is 0 Å². The standard InChI is InChI=1S/C17H24N4/c1-12-9-17(15-10-14(18)3-4-16(15)20-12)19-11-13-5-7-21(2)8-6-13/h3-4,9-10,13H,5-8,11,18H2,1-2H3,(H,19,20). The summed E-state index contributed by atoms with van der Waals surface area (Å²) >= 11 is 0.